The highest BCUT2D eigenvalue weighted by Gasteiger charge is 2.51. The second-order valence-electron chi connectivity index (χ2n) is 5.61. The Bertz CT molecular complexity index is 287. The fraction of sp³-hybridized carbons (Fsp3) is 0.917. The van der Waals surface area contributed by atoms with Gasteiger partial charge >= 0.3 is 0 Å². The molecule has 0 aromatic carbocycles. The van der Waals surface area contributed by atoms with Gasteiger partial charge in [-0.05, 0) is 38.0 Å². The quantitative estimate of drug-likeness (QED) is 0.739. The molecule has 2 unspecified atom stereocenters. The summed E-state index contributed by atoms with van der Waals surface area (Å²) in [7, 11) is 0. The Kier molecular flexibility index (Phi) is 2.06. The zero-order chi connectivity index (χ0) is 10.5. The summed E-state index contributed by atoms with van der Waals surface area (Å²) < 4.78 is 0. The molecule has 2 aliphatic carbocycles. The zero-order valence-electron chi connectivity index (χ0n) is 9.24. The highest BCUT2D eigenvalue weighted by atomic mass is 16.2. The third kappa shape index (κ3) is 1.40. The van der Waals surface area contributed by atoms with Crippen LogP contribution in [0, 0.1) is 11.8 Å². The Labute approximate surface area is 91.0 Å². The van der Waals surface area contributed by atoms with E-state index in [1.54, 1.807) is 0 Å². The predicted molar refractivity (Wildman–Crippen MR) is 58.2 cm³/mol. The normalized spacial score (nSPS) is 39.5. The van der Waals surface area contributed by atoms with E-state index in [1.165, 1.54) is 19.3 Å². The van der Waals surface area contributed by atoms with Gasteiger partial charge in [0.2, 0.25) is 5.91 Å². The minimum atomic E-state index is 0.0581. The van der Waals surface area contributed by atoms with Crippen LogP contribution in [0.3, 0.4) is 0 Å². The molecule has 0 aromatic heterocycles. The van der Waals surface area contributed by atoms with Crippen LogP contribution in [0.5, 0.6) is 0 Å². The maximum atomic E-state index is 12.2. The summed E-state index contributed by atoms with van der Waals surface area (Å²) in [5.41, 5.74) is 5.99. The topological polar surface area (TPSA) is 46.3 Å². The number of likely N-dealkylation sites (tertiary alicyclic amines) is 1. The highest BCUT2D eigenvalue weighted by molar-refractivity contribution is 5.82. The maximum Gasteiger partial charge on any atom is 0.226 e. The molecule has 2 atom stereocenters. The summed E-state index contributed by atoms with van der Waals surface area (Å²) in [6.45, 7) is 1.66. The number of rotatable bonds is 2. The summed E-state index contributed by atoms with van der Waals surface area (Å²) >= 11 is 0. The van der Waals surface area contributed by atoms with Crippen molar-refractivity contribution in [3.8, 4) is 0 Å². The lowest BCUT2D eigenvalue weighted by molar-refractivity contribution is -0.136. The number of nitrogens with zero attached hydrogens (tertiary/aromatic N) is 1. The largest absolute Gasteiger partial charge is 0.335 e. The first-order valence-corrected chi connectivity index (χ1v) is 6.27. The molecule has 84 valence electrons. The molecule has 15 heavy (non-hydrogen) atoms. The molecule has 3 fully saturated rings. The van der Waals surface area contributed by atoms with Crippen LogP contribution in [0.1, 0.15) is 38.5 Å². The first-order valence-electron chi connectivity index (χ1n) is 6.27. The minimum Gasteiger partial charge on any atom is -0.335 e. The van der Waals surface area contributed by atoms with Gasteiger partial charge in [-0.2, -0.15) is 0 Å². The molecule has 1 heterocycles. The van der Waals surface area contributed by atoms with Crippen LogP contribution < -0.4 is 5.73 Å². The highest BCUT2D eigenvalue weighted by Crippen LogP contribution is 2.46. The Morgan fingerprint density at radius 1 is 1.40 bits per heavy atom. The molecule has 2 N–H and O–H groups in total. The van der Waals surface area contributed by atoms with E-state index in [0.717, 1.165) is 31.7 Å². The number of fused-ring (bicyclic) bond motifs is 2. The van der Waals surface area contributed by atoms with Gasteiger partial charge in [-0.1, -0.05) is 6.42 Å². The third-order valence-electron chi connectivity index (χ3n) is 4.51. The van der Waals surface area contributed by atoms with Crippen LogP contribution in [-0.4, -0.2) is 29.4 Å². The molecule has 1 amide bonds. The van der Waals surface area contributed by atoms with Crippen molar-refractivity contribution < 1.29 is 4.79 Å². The van der Waals surface area contributed by atoms with Crippen molar-refractivity contribution in [3.05, 3.63) is 0 Å². The monoisotopic (exact) mass is 208 g/mol. The SMILES string of the molecule is NCC12CCCC(CN1C(=O)C1CC1)C2. The van der Waals surface area contributed by atoms with Crippen molar-refractivity contribution in [2.45, 2.75) is 44.1 Å². The van der Waals surface area contributed by atoms with Crippen LogP contribution in [0.4, 0.5) is 0 Å². The molecular weight excluding hydrogens is 188 g/mol. The molecule has 3 heteroatoms. The van der Waals surface area contributed by atoms with Gasteiger partial charge < -0.3 is 10.6 Å². The van der Waals surface area contributed by atoms with Gasteiger partial charge in [0.15, 0.2) is 0 Å². The van der Waals surface area contributed by atoms with Crippen LogP contribution in [0.15, 0.2) is 0 Å². The molecule has 2 bridgehead atoms. The third-order valence-corrected chi connectivity index (χ3v) is 4.51. The second-order valence-corrected chi connectivity index (χ2v) is 5.61. The molecule has 0 radical (unpaired) electrons. The van der Waals surface area contributed by atoms with E-state index in [1.807, 2.05) is 0 Å². The Morgan fingerprint density at radius 3 is 2.87 bits per heavy atom. The molecule has 0 aromatic rings. The van der Waals surface area contributed by atoms with E-state index in [0.29, 0.717) is 18.4 Å². The molecular formula is C12H20N2O. The van der Waals surface area contributed by atoms with Crippen molar-refractivity contribution in [2.75, 3.05) is 13.1 Å². The van der Waals surface area contributed by atoms with Crippen LogP contribution in [-0.2, 0) is 4.79 Å². The lowest BCUT2D eigenvalue weighted by atomic mass is 9.80. The smallest absolute Gasteiger partial charge is 0.226 e. The molecule has 2 saturated carbocycles. The molecule has 3 rings (SSSR count). The maximum absolute atomic E-state index is 12.2. The standard InChI is InChI=1S/C12H20N2O/c13-8-12-5-1-2-9(6-12)7-14(12)11(15)10-3-4-10/h9-10H,1-8,13H2. The van der Waals surface area contributed by atoms with Crippen LogP contribution in [0.2, 0.25) is 0 Å². The number of hydrogen-bond acceptors (Lipinski definition) is 2. The van der Waals surface area contributed by atoms with Gasteiger partial charge in [0.25, 0.3) is 0 Å². The molecule has 1 aliphatic heterocycles. The summed E-state index contributed by atoms with van der Waals surface area (Å²) in [5, 5.41) is 0. The number of nitrogens with two attached hydrogens (primary N) is 1. The van der Waals surface area contributed by atoms with Gasteiger partial charge in [0.05, 0.1) is 5.54 Å². The molecule has 1 saturated heterocycles. The first kappa shape index (κ1) is 9.64. The van der Waals surface area contributed by atoms with Crippen molar-refractivity contribution in [3.63, 3.8) is 0 Å². The summed E-state index contributed by atoms with van der Waals surface area (Å²) in [4.78, 5) is 14.3. The van der Waals surface area contributed by atoms with Gasteiger partial charge in [-0.15, -0.1) is 0 Å². The van der Waals surface area contributed by atoms with Gasteiger partial charge in [-0.25, -0.2) is 0 Å². The number of hydrogen-bond donors (Lipinski definition) is 1. The summed E-state index contributed by atoms with van der Waals surface area (Å²) in [6.07, 6.45) is 7.09. The van der Waals surface area contributed by atoms with Gasteiger partial charge in [-0.3, -0.25) is 4.79 Å². The second kappa shape index (κ2) is 3.21. The number of carbonyl (C=O) groups is 1. The van der Waals surface area contributed by atoms with Crippen LogP contribution in [0.25, 0.3) is 0 Å². The van der Waals surface area contributed by atoms with Gasteiger partial charge in [0.1, 0.15) is 0 Å². The van der Waals surface area contributed by atoms with Gasteiger partial charge in [0, 0.05) is 19.0 Å². The minimum absolute atomic E-state index is 0.0581. The predicted octanol–water partition coefficient (Wildman–Crippen LogP) is 1.13. The van der Waals surface area contributed by atoms with Crippen molar-refractivity contribution in [1.82, 2.24) is 4.90 Å². The Balaban J connectivity index is 1.84. The van der Waals surface area contributed by atoms with E-state index in [-0.39, 0.29) is 5.54 Å². The van der Waals surface area contributed by atoms with E-state index in [9.17, 15) is 4.79 Å². The summed E-state index contributed by atoms with van der Waals surface area (Å²) in [6, 6.07) is 0. The summed E-state index contributed by atoms with van der Waals surface area (Å²) in [5.74, 6) is 1.50. The average Bonchev–Trinajstić information content (AvgIpc) is 3.06. The fourth-order valence-corrected chi connectivity index (χ4v) is 3.48. The van der Waals surface area contributed by atoms with Crippen molar-refractivity contribution in [1.29, 1.82) is 0 Å². The van der Waals surface area contributed by atoms with Crippen molar-refractivity contribution in [2.24, 2.45) is 17.6 Å². The Hall–Kier alpha value is -0.570. The Morgan fingerprint density at radius 2 is 2.20 bits per heavy atom. The number of amides is 1. The molecule has 3 nitrogen and oxygen atoms in total. The van der Waals surface area contributed by atoms with E-state index in [2.05, 4.69) is 4.90 Å². The lowest BCUT2D eigenvalue weighted by Gasteiger charge is -2.38. The van der Waals surface area contributed by atoms with Crippen LogP contribution >= 0.6 is 0 Å². The van der Waals surface area contributed by atoms with E-state index in [4.69, 9.17) is 5.73 Å². The first-order chi connectivity index (χ1) is 7.25. The van der Waals surface area contributed by atoms with E-state index < -0.39 is 0 Å². The zero-order valence-corrected chi connectivity index (χ0v) is 9.24. The number of carbonyl (C=O) groups excluding carboxylic acids is 1. The lowest BCUT2D eigenvalue weighted by Crippen LogP contribution is -2.52. The average molecular weight is 208 g/mol. The fourth-order valence-electron chi connectivity index (χ4n) is 3.48. The molecule has 0 spiro atoms. The molecule has 3 aliphatic rings. The van der Waals surface area contributed by atoms with Crippen molar-refractivity contribution >= 4 is 5.91 Å². The van der Waals surface area contributed by atoms with E-state index >= 15 is 0 Å².